The Kier molecular flexibility index (Phi) is 4.35. The van der Waals surface area contributed by atoms with Crippen LogP contribution in [0.3, 0.4) is 0 Å². The monoisotopic (exact) mass is 437 g/mol. The summed E-state index contributed by atoms with van der Waals surface area (Å²) in [7, 11) is 4.87. The minimum Gasteiger partial charge on any atom is -0.389 e. The van der Waals surface area contributed by atoms with Gasteiger partial charge in [0.2, 0.25) is 0 Å². The van der Waals surface area contributed by atoms with Crippen LogP contribution in [-0.2, 0) is 21.1 Å². The van der Waals surface area contributed by atoms with Crippen molar-refractivity contribution >= 4 is 28.1 Å². The molecule has 0 unspecified atom stereocenters. The number of aliphatic hydroxyl groups is 1. The number of aromatic nitrogens is 6. The minimum atomic E-state index is -0.878. The fraction of sp³-hybridized carbons (Fsp3) is 0.381. The van der Waals surface area contributed by atoms with Crippen LogP contribution in [0.15, 0.2) is 34.1 Å². The molecule has 0 bridgehead atoms. The van der Waals surface area contributed by atoms with Gasteiger partial charge in [-0.05, 0) is 25.1 Å². The number of rotatable bonds is 2. The number of imidazole rings is 2. The molecular formula is C21H23N7O4. The maximum Gasteiger partial charge on any atom is 0.332 e. The van der Waals surface area contributed by atoms with Crippen LogP contribution in [0.5, 0.6) is 0 Å². The number of hydrogen-bond donors (Lipinski definition) is 1. The Balaban J connectivity index is 1.50. The fourth-order valence-electron chi connectivity index (χ4n) is 4.49. The number of carbonyl (C=O) groups is 1. The third kappa shape index (κ3) is 2.74. The maximum absolute atomic E-state index is 13.2. The van der Waals surface area contributed by atoms with Gasteiger partial charge in [-0.15, -0.1) is 0 Å². The van der Waals surface area contributed by atoms with Crippen LogP contribution in [0.2, 0.25) is 0 Å². The number of benzene rings is 1. The van der Waals surface area contributed by atoms with Gasteiger partial charge in [0.1, 0.15) is 11.5 Å². The summed E-state index contributed by atoms with van der Waals surface area (Å²) in [6, 6.07) is 4.83. The van der Waals surface area contributed by atoms with Crippen molar-refractivity contribution in [1.82, 2.24) is 33.1 Å². The van der Waals surface area contributed by atoms with Crippen molar-refractivity contribution < 1.29 is 9.90 Å². The zero-order chi connectivity index (χ0) is 22.9. The number of hydrogen-bond acceptors (Lipinski definition) is 6. The second-order valence-electron chi connectivity index (χ2n) is 8.30. The number of nitrogens with zero attached hydrogens (tertiary/aromatic N) is 7. The molecule has 1 saturated heterocycles. The van der Waals surface area contributed by atoms with E-state index in [4.69, 9.17) is 0 Å². The molecule has 1 N–H and O–H groups in total. The number of carbonyl (C=O) groups excluding carboxylic acids is 1. The highest BCUT2D eigenvalue weighted by atomic mass is 16.3. The molecule has 32 heavy (non-hydrogen) atoms. The van der Waals surface area contributed by atoms with Gasteiger partial charge in [-0.25, -0.2) is 14.8 Å². The number of β-amino-alcohol motifs (C(OH)–C–C–N with tert-alkyl or cyclic N) is 1. The molecule has 0 saturated carbocycles. The molecule has 1 aliphatic rings. The van der Waals surface area contributed by atoms with E-state index in [1.54, 1.807) is 28.6 Å². The maximum atomic E-state index is 13.2. The lowest BCUT2D eigenvalue weighted by atomic mass is 10.1. The number of amides is 1. The molecule has 1 amide bonds. The van der Waals surface area contributed by atoms with E-state index in [0.717, 1.165) is 21.4 Å². The Labute approximate surface area is 181 Å². The van der Waals surface area contributed by atoms with Gasteiger partial charge in [0.05, 0.1) is 29.5 Å². The van der Waals surface area contributed by atoms with Gasteiger partial charge >= 0.3 is 5.69 Å². The summed E-state index contributed by atoms with van der Waals surface area (Å²) in [6.07, 6.45) is 0.562. The normalized spacial score (nSPS) is 18.8. The topological polar surface area (TPSA) is 120 Å². The van der Waals surface area contributed by atoms with E-state index in [9.17, 15) is 19.5 Å². The van der Waals surface area contributed by atoms with Crippen molar-refractivity contribution in [2.45, 2.75) is 19.1 Å². The van der Waals surface area contributed by atoms with Crippen LogP contribution in [-0.4, -0.2) is 63.3 Å². The smallest absolute Gasteiger partial charge is 0.332 e. The molecule has 1 aromatic carbocycles. The predicted octanol–water partition coefficient (Wildman–Crippen LogP) is -0.313. The Hall–Kier alpha value is -3.73. The Morgan fingerprint density at radius 2 is 1.84 bits per heavy atom. The van der Waals surface area contributed by atoms with Gasteiger partial charge in [0.15, 0.2) is 5.52 Å². The lowest BCUT2D eigenvalue weighted by Gasteiger charge is -2.18. The first-order valence-electron chi connectivity index (χ1n) is 10.2. The van der Waals surface area contributed by atoms with Gasteiger partial charge in [-0.1, -0.05) is 0 Å². The molecule has 11 heteroatoms. The van der Waals surface area contributed by atoms with E-state index >= 15 is 0 Å². The third-order valence-corrected chi connectivity index (χ3v) is 6.42. The zero-order valence-corrected chi connectivity index (χ0v) is 18.2. The summed E-state index contributed by atoms with van der Waals surface area (Å²) in [4.78, 5) is 48.2. The van der Waals surface area contributed by atoms with E-state index in [2.05, 4.69) is 9.97 Å². The van der Waals surface area contributed by atoms with Crippen LogP contribution in [0, 0.1) is 6.92 Å². The molecule has 0 aliphatic carbocycles. The molecule has 0 spiro atoms. The molecule has 1 aliphatic heterocycles. The van der Waals surface area contributed by atoms with Crippen molar-refractivity contribution in [3.63, 3.8) is 0 Å². The quantitative estimate of drug-likeness (QED) is 0.459. The van der Waals surface area contributed by atoms with Crippen LogP contribution >= 0.6 is 0 Å². The number of fused-ring (bicyclic) bond motifs is 2. The lowest BCUT2D eigenvalue weighted by Crippen LogP contribution is -2.38. The Morgan fingerprint density at radius 1 is 1.09 bits per heavy atom. The van der Waals surface area contributed by atoms with E-state index in [0.29, 0.717) is 11.2 Å². The molecule has 2 atom stereocenters. The highest BCUT2D eigenvalue weighted by Gasteiger charge is 2.37. The first-order valence-corrected chi connectivity index (χ1v) is 10.2. The minimum absolute atomic E-state index is 0.126. The third-order valence-electron chi connectivity index (χ3n) is 6.42. The van der Waals surface area contributed by atoms with E-state index in [-0.39, 0.29) is 24.5 Å². The Morgan fingerprint density at radius 3 is 2.59 bits per heavy atom. The average Bonchev–Trinajstić information content (AvgIpc) is 3.45. The second kappa shape index (κ2) is 6.89. The average molecular weight is 437 g/mol. The molecule has 5 rings (SSSR count). The van der Waals surface area contributed by atoms with Crippen molar-refractivity contribution in [1.29, 1.82) is 0 Å². The SMILES string of the molecule is Cc1nc2cc(C(=O)N3C[C@H](O)[C@@H](n4cnc5c(=O)n(C)c(=O)n(C)c54)C3)ccc2n1C. The first-order chi connectivity index (χ1) is 15.2. The summed E-state index contributed by atoms with van der Waals surface area (Å²) in [5, 5.41) is 10.8. The molecular weight excluding hydrogens is 414 g/mol. The number of aliphatic hydroxyl groups excluding tert-OH is 1. The summed E-state index contributed by atoms with van der Waals surface area (Å²) < 4.78 is 5.90. The van der Waals surface area contributed by atoms with E-state index < -0.39 is 23.4 Å². The van der Waals surface area contributed by atoms with Crippen molar-refractivity contribution in [3.8, 4) is 0 Å². The first kappa shape index (κ1) is 20.2. The number of likely N-dealkylation sites (tertiary alicyclic amines) is 1. The van der Waals surface area contributed by atoms with Crippen molar-refractivity contribution in [3.05, 3.63) is 56.8 Å². The molecule has 166 valence electrons. The summed E-state index contributed by atoms with van der Waals surface area (Å²) in [5.41, 5.74) is 1.64. The lowest BCUT2D eigenvalue weighted by molar-refractivity contribution is 0.0765. The second-order valence-corrected chi connectivity index (χ2v) is 8.30. The van der Waals surface area contributed by atoms with E-state index in [1.807, 2.05) is 24.6 Å². The molecule has 1 fully saturated rings. The van der Waals surface area contributed by atoms with Gasteiger partial charge in [0.25, 0.3) is 11.5 Å². The number of aryl methyl sites for hydroxylation is 3. The van der Waals surface area contributed by atoms with Gasteiger partial charge in [-0.2, -0.15) is 0 Å². The summed E-state index contributed by atoms with van der Waals surface area (Å²) in [6.45, 7) is 2.24. The summed E-state index contributed by atoms with van der Waals surface area (Å²) >= 11 is 0. The van der Waals surface area contributed by atoms with Crippen LogP contribution in [0.1, 0.15) is 22.2 Å². The molecule has 4 aromatic rings. The predicted molar refractivity (Wildman–Crippen MR) is 117 cm³/mol. The summed E-state index contributed by atoms with van der Waals surface area (Å²) in [5.74, 6) is 0.635. The van der Waals surface area contributed by atoms with Crippen molar-refractivity contribution in [2.75, 3.05) is 13.1 Å². The Bertz CT molecular complexity index is 1520. The molecule has 0 radical (unpaired) electrons. The van der Waals surface area contributed by atoms with Gasteiger partial charge in [0, 0.05) is 39.8 Å². The van der Waals surface area contributed by atoms with Crippen molar-refractivity contribution in [2.24, 2.45) is 21.1 Å². The fourth-order valence-corrected chi connectivity index (χ4v) is 4.49. The van der Waals surface area contributed by atoms with Gasteiger partial charge in [-0.3, -0.25) is 18.7 Å². The van der Waals surface area contributed by atoms with Crippen LogP contribution in [0.4, 0.5) is 0 Å². The highest BCUT2D eigenvalue weighted by molar-refractivity contribution is 5.97. The highest BCUT2D eigenvalue weighted by Crippen LogP contribution is 2.27. The van der Waals surface area contributed by atoms with E-state index in [1.165, 1.54) is 17.9 Å². The van der Waals surface area contributed by atoms with Gasteiger partial charge < -0.3 is 19.1 Å². The standard InChI is InChI=1S/C21H23N7O4/c1-11-23-13-7-12(5-6-14(13)24(11)2)19(30)27-8-15(16(29)9-27)28-10-22-17-18(28)25(3)21(32)26(4)20(17)31/h5-7,10,15-16,29H,8-9H2,1-4H3/t15-,16-/m0/s1. The largest absolute Gasteiger partial charge is 0.389 e. The molecule has 4 heterocycles. The van der Waals surface area contributed by atoms with Crippen LogP contribution < -0.4 is 11.2 Å². The zero-order valence-electron chi connectivity index (χ0n) is 18.2. The van der Waals surface area contributed by atoms with Crippen LogP contribution in [0.25, 0.3) is 22.2 Å². The molecule has 11 nitrogen and oxygen atoms in total. The molecule has 3 aromatic heterocycles.